The molecule has 1 fully saturated rings. The van der Waals surface area contributed by atoms with Gasteiger partial charge in [-0.25, -0.2) is 0 Å². The van der Waals surface area contributed by atoms with Gasteiger partial charge in [0.25, 0.3) is 5.91 Å². The minimum absolute atomic E-state index is 0.0299. The van der Waals surface area contributed by atoms with Crippen LogP contribution in [0.4, 0.5) is 0 Å². The molecule has 1 saturated carbocycles. The summed E-state index contributed by atoms with van der Waals surface area (Å²) < 4.78 is 0. The van der Waals surface area contributed by atoms with Crippen molar-refractivity contribution in [2.24, 2.45) is 0 Å². The van der Waals surface area contributed by atoms with Crippen LogP contribution in [0.5, 0.6) is 0 Å². The number of rotatable bonds is 4. The number of carbonyl (C=O) groups excluding carboxylic acids is 1. The molecule has 0 atom stereocenters. The SMILES string of the molecule is N#CCCN(C(=O)c1sccc1Cl)C1CC1. The first-order valence-corrected chi connectivity index (χ1v) is 6.40. The van der Waals surface area contributed by atoms with E-state index in [0.717, 1.165) is 12.8 Å². The topological polar surface area (TPSA) is 44.1 Å². The van der Waals surface area contributed by atoms with Gasteiger partial charge in [-0.1, -0.05) is 11.6 Å². The Bertz CT molecular complexity index is 433. The quantitative estimate of drug-likeness (QED) is 0.829. The normalized spacial score (nSPS) is 14.5. The van der Waals surface area contributed by atoms with E-state index in [1.54, 1.807) is 11.0 Å². The largest absolute Gasteiger partial charge is 0.334 e. The molecule has 84 valence electrons. The van der Waals surface area contributed by atoms with E-state index in [1.165, 1.54) is 11.3 Å². The van der Waals surface area contributed by atoms with Gasteiger partial charge in [0.05, 0.1) is 17.5 Å². The maximum absolute atomic E-state index is 12.2. The molecule has 0 spiro atoms. The van der Waals surface area contributed by atoms with E-state index in [4.69, 9.17) is 16.9 Å². The minimum atomic E-state index is -0.0299. The molecule has 0 N–H and O–H groups in total. The molecule has 16 heavy (non-hydrogen) atoms. The molecule has 1 aromatic rings. The van der Waals surface area contributed by atoms with E-state index in [9.17, 15) is 4.79 Å². The van der Waals surface area contributed by atoms with Crippen molar-refractivity contribution in [3.8, 4) is 6.07 Å². The Morgan fingerprint density at radius 1 is 1.69 bits per heavy atom. The van der Waals surface area contributed by atoms with Crippen molar-refractivity contribution in [1.29, 1.82) is 5.26 Å². The summed E-state index contributed by atoms with van der Waals surface area (Å²) in [4.78, 5) is 14.5. The molecule has 3 nitrogen and oxygen atoms in total. The van der Waals surface area contributed by atoms with E-state index in [0.29, 0.717) is 28.9 Å². The number of carbonyl (C=O) groups is 1. The van der Waals surface area contributed by atoms with Crippen LogP contribution < -0.4 is 0 Å². The van der Waals surface area contributed by atoms with Crippen LogP contribution in [-0.2, 0) is 0 Å². The smallest absolute Gasteiger partial charge is 0.265 e. The number of hydrogen-bond donors (Lipinski definition) is 0. The van der Waals surface area contributed by atoms with Crippen LogP contribution in [-0.4, -0.2) is 23.4 Å². The van der Waals surface area contributed by atoms with Gasteiger partial charge < -0.3 is 4.90 Å². The van der Waals surface area contributed by atoms with E-state index in [2.05, 4.69) is 6.07 Å². The van der Waals surface area contributed by atoms with Gasteiger partial charge in [0.15, 0.2) is 0 Å². The predicted molar refractivity (Wildman–Crippen MR) is 63.6 cm³/mol. The second-order valence-corrected chi connectivity index (χ2v) is 5.06. The Hall–Kier alpha value is -1.05. The fourth-order valence-corrected chi connectivity index (χ4v) is 2.67. The summed E-state index contributed by atoms with van der Waals surface area (Å²) in [7, 11) is 0. The fourth-order valence-electron chi connectivity index (χ4n) is 1.58. The number of nitriles is 1. The summed E-state index contributed by atoms with van der Waals surface area (Å²) in [5, 5.41) is 10.9. The zero-order chi connectivity index (χ0) is 11.5. The molecule has 0 aromatic carbocycles. The van der Waals surface area contributed by atoms with Gasteiger partial charge in [0.2, 0.25) is 0 Å². The van der Waals surface area contributed by atoms with Gasteiger partial charge in [-0.3, -0.25) is 4.79 Å². The van der Waals surface area contributed by atoms with Crippen LogP contribution in [0.3, 0.4) is 0 Å². The lowest BCUT2D eigenvalue weighted by atomic mass is 10.3. The maximum atomic E-state index is 12.2. The molecule has 5 heteroatoms. The molecule has 1 aromatic heterocycles. The summed E-state index contributed by atoms with van der Waals surface area (Å²) in [6, 6.07) is 4.12. The predicted octanol–water partition coefficient (Wildman–Crippen LogP) is 2.92. The lowest BCUT2D eigenvalue weighted by molar-refractivity contribution is 0.0752. The number of thiophene rings is 1. The summed E-state index contributed by atoms with van der Waals surface area (Å²) >= 11 is 7.29. The van der Waals surface area contributed by atoms with E-state index in [-0.39, 0.29) is 5.91 Å². The standard InChI is InChI=1S/C11H11ClN2OS/c12-9-4-7-16-10(9)11(15)14(6-1-5-13)8-2-3-8/h4,7-8H,1-3,6H2. The second kappa shape index (κ2) is 4.86. The van der Waals surface area contributed by atoms with Crippen molar-refractivity contribution in [3.63, 3.8) is 0 Å². The number of hydrogen-bond acceptors (Lipinski definition) is 3. The number of halogens is 1. The summed E-state index contributed by atoms with van der Waals surface area (Å²) in [5.74, 6) is -0.0299. The van der Waals surface area contributed by atoms with Crippen molar-refractivity contribution in [3.05, 3.63) is 21.3 Å². The molecule has 1 aliphatic carbocycles. The highest BCUT2D eigenvalue weighted by Crippen LogP contribution is 2.31. The van der Waals surface area contributed by atoms with Crippen LogP contribution in [0.2, 0.25) is 5.02 Å². The second-order valence-electron chi connectivity index (χ2n) is 3.74. The van der Waals surface area contributed by atoms with Crippen molar-refractivity contribution in [2.45, 2.75) is 25.3 Å². The lowest BCUT2D eigenvalue weighted by Crippen LogP contribution is -2.33. The number of nitrogens with zero attached hydrogens (tertiary/aromatic N) is 2. The third-order valence-corrected chi connectivity index (χ3v) is 3.85. The van der Waals surface area contributed by atoms with Gasteiger partial charge in [-0.05, 0) is 24.3 Å². The average molecular weight is 255 g/mol. The Balaban J connectivity index is 2.11. The van der Waals surface area contributed by atoms with Crippen molar-refractivity contribution < 1.29 is 4.79 Å². The van der Waals surface area contributed by atoms with Gasteiger partial charge >= 0.3 is 0 Å². The molecule has 1 amide bonds. The monoisotopic (exact) mass is 254 g/mol. The van der Waals surface area contributed by atoms with Crippen molar-refractivity contribution in [2.75, 3.05) is 6.54 Å². The molecule has 1 aliphatic rings. The molecule has 0 aliphatic heterocycles. The Morgan fingerprint density at radius 2 is 2.44 bits per heavy atom. The van der Waals surface area contributed by atoms with E-state index in [1.807, 2.05) is 5.38 Å². The Labute approximate surface area is 103 Å². The van der Waals surface area contributed by atoms with Crippen molar-refractivity contribution >= 4 is 28.8 Å². The van der Waals surface area contributed by atoms with Gasteiger partial charge in [0, 0.05) is 12.6 Å². The highest BCUT2D eigenvalue weighted by Gasteiger charge is 2.33. The summed E-state index contributed by atoms with van der Waals surface area (Å²) in [5.41, 5.74) is 0. The minimum Gasteiger partial charge on any atom is -0.334 e. The molecule has 0 saturated heterocycles. The number of amides is 1. The highest BCUT2D eigenvalue weighted by molar-refractivity contribution is 7.12. The van der Waals surface area contributed by atoms with Gasteiger partial charge in [0.1, 0.15) is 4.88 Å². The molecule has 1 heterocycles. The van der Waals surface area contributed by atoms with E-state index < -0.39 is 0 Å². The van der Waals surface area contributed by atoms with Crippen LogP contribution in [0.1, 0.15) is 28.9 Å². The van der Waals surface area contributed by atoms with Gasteiger partial charge in [-0.2, -0.15) is 5.26 Å². The Kier molecular flexibility index (Phi) is 3.47. The maximum Gasteiger partial charge on any atom is 0.265 e. The zero-order valence-corrected chi connectivity index (χ0v) is 10.2. The van der Waals surface area contributed by atoms with Crippen LogP contribution >= 0.6 is 22.9 Å². The molecular weight excluding hydrogens is 244 g/mol. The average Bonchev–Trinajstić information content (AvgIpc) is 3.01. The van der Waals surface area contributed by atoms with Crippen LogP contribution in [0.25, 0.3) is 0 Å². The third-order valence-electron chi connectivity index (χ3n) is 2.52. The zero-order valence-electron chi connectivity index (χ0n) is 8.65. The van der Waals surface area contributed by atoms with Gasteiger partial charge in [-0.15, -0.1) is 11.3 Å². The molecule has 0 bridgehead atoms. The summed E-state index contributed by atoms with van der Waals surface area (Å²) in [6.07, 6.45) is 2.46. The first-order chi connectivity index (χ1) is 7.74. The first-order valence-electron chi connectivity index (χ1n) is 5.15. The molecule has 0 unspecified atom stereocenters. The Morgan fingerprint density at radius 3 is 2.94 bits per heavy atom. The summed E-state index contributed by atoms with van der Waals surface area (Å²) in [6.45, 7) is 0.508. The fraction of sp³-hybridized carbons (Fsp3) is 0.455. The lowest BCUT2D eigenvalue weighted by Gasteiger charge is -2.20. The third kappa shape index (κ3) is 2.37. The van der Waals surface area contributed by atoms with Crippen LogP contribution in [0.15, 0.2) is 11.4 Å². The van der Waals surface area contributed by atoms with Crippen molar-refractivity contribution in [1.82, 2.24) is 4.90 Å². The highest BCUT2D eigenvalue weighted by atomic mass is 35.5. The van der Waals surface area contributed by atoms with E-state index >= 15 is 0 Å². The molecule has 2 rings (SSSR count). The molecular formula is C11H11ClN2OS. The van der Waals surface area contributed by atoms with Crippen LogP contribution in [0, 0.1) is 11.3 Å². The molecule has 0 radical (unpaired) electrons. The first kappa shape index (κ1) is 11.4.